The van der Waals surface area contributed by atoms with E-state index >= 15 is 0 Å². The summed E-state index contributed by atoms with van der Waals surface area (Å²) in [5.41, 5.74) is 3.09. The van der Waals surface area contributed by atoms with Crippen LogP contribution in [0.4, 0.5) is 0 Å². The van der Waals surface area contributed by atoms with Crippen molar-refractivity contribution in [3.05, 3.63) is 48.7 Å². The van der Waals surface area contributed by atoms with E-state index in [1.54, 1.807) is 18.4 Å². The Morgan fingerprint density at radius 3 is 2.83 bits per heavy atom. The molecular formula is C17H11N3OS2. The van der Waals surface area contributed by atoms with Gasteiger partial charge in [-0.15, -0.1) is 0 Å². The Morgan fingerprint density at radius 2 is 2.09 bits per heavy atom. The molecule has 2 aromatic heterocycles. The third-order valence-corrected chi connectivity index (χ3v) is 5.25. The van der Waals surface area contributed by atoms with E-state index in [1.807, 2.05) is 36.5 Å². The summed E-state index contributed by atoms with van der Waals surface area (Å²) in [6.45, 7) is 0. The maximum Gasteiger partial charge on any atom is 0.195 e. The van der Waals surface area contributed by atoms with E-state index in [-0.39, 0.29) is 0 Å². The lowest BCUT2D eigenvalue weighted by atomic mass is 10.2. The number of thiocyanates is 1. The Hall–Kier alpha value is -2.49. The molecule has 112 valence electrons. The molecule has 4 nitrogen and oxygen atoms in total. The van der Waals surface area contributed by atoms with Crippen LogP contribution in [0.3, 0.4) is 0 Å². The van der Waals surface area contributed by atoms with Crippen LogP contribution < -0.4 is 4.74 Å². The lowest BCUT2D eigenvalue weighted by Gasteiger charge is -2.04. The molecule has 0 atom stereocenters. The number of nitriles is 1. The highest BCUT2D eigenvalue weighted by atomic mass is 32.2. The summed E-state index contributed by atoms with van der Waals surface area (Å²) >= 11 is 2.72. The zero-order chi connectivity index (χ0) is 15.8. The number of nitrogens with zero attached hydrogens (tertiary/aromatic N) is 3. The quantitative estimate of drug-likeness (QED) is 0.398. The van der Waals surface area contributed by atoms with E-state index in [0.29, 0.717) is 5.75 Å². The van der Waals surface area contributed by atoms with Crippen molar-refractivity contribution >= 4 is 38.3 Å². The molecule has 0 spiro atoms. The molecule has 0 aliphatic carbocycles. The van der Waals surface area contributed by atoms with E-state index in [2.05, 4.69) is 21.9 Å². The zero-order valence-corrected chi connectivity index (χ0v) is 13.8. The molecule has 0 aliphatic rings. The molecule has 0 N–H and O–H groups in total. The first-order valence-electron chi connectivity index (χ1n) is 6.91. The molecule has 0 fully saturated rings. The third kappa shape index (κ3) is 2.34. The summed E-state index contributed by atoms with van der Waals surface area (Å²) < 4.78 is 8.58. The fraction of sp³-hybridized carbons (Fsp3) is 0.0588. The Morgan fingerprint density at radius 1 is 1.26 bits per heavy atom. The van der Waals surface area contributed by atoms with E-state index in [4.69, 9.17) is 15.0 Å². The van der Waals surface area contributed by atoms with Crippen LogP contribution in [0.5, 0.6) is 5.75 Å². The summed E-state index contributed by atoms with van der Waals surface area (Å²) in [6, 6.07) is 14.1. The summed E-state index contributed by atoms with van der Waals surface area (Å²) in [7, 11) is 1.62. The van der Waals surface area contributed by atoms with Gasteiger partial charge in [-0.2, -0.15) is 5.26 Å². The van der Waals surface area contributed by atoms with Crippen molar-refractivity contribution < 1.29 is 4.74 Å². The summed E-state index contributed by atoms with van der Waals surface area (Å²) in [5.74, 6) is 0.707. The van der Waals surface area contributed by atoms with Crippen LogP contribution in [0.15, 0.2) is 53.6 Å². The second-order valence-corrected chi connectivity index (χ2v) is 6.75. The van der Waals surface area contributed by atoms with Crippen molar-refractivity contribution in [1.82, 2.24) is 9.38 Å². The van der Waals surface area contributed by atoms with Gasteiger partial charge in [0.25, 0.3) is 0 Å². The second-order valence-electron chi connectivity index (χ2n) is 4.91. The van der Waals surface area contributed by atoms with Gasteiger partial charge < -0.3 is 4.74 Å². The number of hydrogen-bond acceptors (Lipinski definition) is 5. The number of rotatable bonds is 3. The average Bonchev–Trinajstić information content (AvgIpc) is 3.13. The van der Waals surface area contributed by atoms with Gasteiger partial charge in [0.2, 0.25) is 0 Å². The molecule has 0 unspecified atom stereocenters. The van der Waals surface area contributed by atoms with Gasteiger partial charge in [0.05, 0.1) is 27.9 Å². The summed E-state index contributed by atoms with van der Waals surface area (Å²) in [4.78, 5) is 6.48. The van der Waals surface area contributed by atoms with Crippen molar-refractivity contribution in [2.24, 2.45) is 0 Å². The number of methoxy groups -OCH3 is 1. The first kappa shape index (κ1) is 14.1. The number of benzene rings is 2. The topological polar surface area (TPSA) is 50.3 Å². The minimum atomic E-state index is 0.707. The highest BCUT2D eigenvalue weighted by molar-refractivity contribution is 8.03. The summed E-state index contributed by atoms with van der Waals surface area (Å²) in [5, 5.41) is 11.0. The Bertz CT molecular complexity index is 1040. The van der Waals surface area contributed by atoms with Crippen molar-refractivity contribution in [3.63, 3.8) is 0 Å². The monoisotopic (exact) mass is 337 g/mol. The van der Waals surface area contributed by atoms with Crippen LogP contribution in [0.1, 0.15) is 0 Å². The minimum Gasteiger partial charge on any atom is -0.495 e. The van der Waals surface area contributed by atoms with Crippen LogP contribution in [0.2, 0.25) is 0 Å². The van der Waals surface area contributed by atoms with Gasteiger partial charge in [-0.05, 0) is 17.8 Å². The first-order valence-corrected chi connectivity index (χ1v) is 8.54. The molecule has 2 heterocycles. The normalized spacial score (nSPS) is 11.0. The van der Waals surface area contributed by atoms with Gasteiger partial charge in [0.1, 0.15) is 11.2 Å². The highest BCUT2D eigenvalue weighted by Crippen LogP contribution is 2.37. The van der Waals surface area contributed by atoms with Crippen molar-refractivity contribution in [1.29, 1.82) is 5.26 Å². The Labute approximate surface area is 141 Å². The molecule has 6 heteroatoms. The van der Waals surface area contributed by atoms with Gasteiger partial charge in [-0.1, -0.05) is 41.7 Å². The predicted octanol–water partition coefficient (Wildman–Crippen LogP) is 4.80. The van der Waals surface area contributed by atoms with E-state index < -0.39 is 0 Å². The number of hydrogen-bond donors (Lipinski definition) is 0. The molecule has 0 aliphatic heterocycles. The second kappa shape index (κ2) is 5.61. The predicted molar refractivity (Wildman–Crippen MR) is 94.0 cm³/mol. The Kier molecular flexibility index (Phi) is 3.45. The maximum absolute atomic E-state index is 8.92. The number of thiazole rings is 1. The molecule has 0 radical (unpaired) electrons. The number of ether oxygens (including phenoxy) is 1. The average molecular weight is 337 g/mol. The number of thioether (sulfide) groups is 1. The number of imidazole rings is 1. The highest BCUT2D eigenvalue weighted by Gasteiger charge is 2.14. The van der Waals surface area contributed by atoms with Crippen LogP contribution in [-0.2, 0) is 0 Å². The molecule has 0 saturated heterocycles. The smallest absolute Gasteiger partial charge is 0.195 e. The van der Waals surface area contributed by atoms with Crippen LogP contribution in [-0.4, -0.2) is 16.5 Å². The molecular weight excluding hydrogens is 326 g/mol. The van der Waals surface area contributed by atoms with Gasteiger partial charge in [-0.25, -0.2) is 4.98 Å². The van der Waals surface area contributed by atoms with E-state index in [9.17, 15) is 0 Å². The zero-order valence-electron chi connectivity index (χ0n) is 12.2. The van der Waals surface area contributed by atoms with Crippen LogP contribution in [0.25, 0.3) is 26.4 Å². The first-order chi connectivity index (χ1) is 11.3. The molecule has 0 saturated carbocycles. The van der Waals surface area contributed by atoms with Crippen molar-refractivity contribution in [2.75, 3.05) is 7.11 Å². The van der Waals surface area contributed by atoms with Crippen molar-refractivity contribution in [3.8, 4) is 22.4 Å². The minimum absolute atomic E-state index is 0.707. The largest absolute Gasteiger partial charge is 0.495 e. The molecule has 2 aromatic carbocycles. The number of aromatic nitrogens is 2. The Balaban J connectivity index is 1.92. The standard InChI is InChI=1S/C17H11N3OS2/c1-21-14-7-13-15(8-16(14)22-10-18)23-17-19-12(9-20(13)17)11-5-3-2-4-6-11/h2-9H,1H3. The van der Waals surface area contributed by atoms with Gasteiger partial charge >= 0.3 is 0 Å². The SMILES string of the molecule is COc1cc2c(cc1SC#N)sc1nc(-c3ccccc3)cn12. The molecule has 0 bridgehead atoms. The molecule has 4 rings (SSSR count). The fourth-order valence-electron chi connectivity index (χ4n) is 2.54. The number of fused-ring (bicyclic) bond motifs is 3. The van der Waals surface area contributed by atoms with E-state index in [0.717, 1.165) is 43.1 Å². The van der Waals surface area contributed by atoms with E-state index in [1.165, 1.54) is 0 Å². The lowest BCUT2D eigenvalue weighted by molar-refractivity contribution is 0.405. The molecule has 23 heavy (non-hydrogen) atoms. The van der Waals surface area contributed by atoms with Gasteiger partial charge in [0, 0.05) is 17.8 Å². The maximum atomic E-state index is 8.92. The van der Waals surface area contributed by atoms with Crippen LogP contribution >= 0.6 is 23.1 Å². The lowest BCUT2D eigenvalue weighted by Crippen LogP contribution is -1.87. The van der Waals surface area contributed by atoms with Crippen LogP contribution in [0, 0.1) is 10.7 Å². The summed E-state index contributed by atoms with van der Waals surface area (Å²) in [6.07, 6.45) is 2.04. The molecule has 4 aromatic rings. The fourth-order valence-corrected chi connectivity index (χ4v) is 4.16. The van der Waals surface area contributed by atoms with Crippen molar-refractivity contribution in [2.45, 2.75) is 4.90 Å². The van der Waals surface area contributed by atoms with Gasteiger partial charge in [0.15, 0.2) is 4.96 Å². The van der Waals surface area contributed by atoms with Gasteiger partial charge in [-0.3, -0.25) is 4.40 Å². The third-order valence-electron chi connectivity index (χ3n) is 3.60. The molecule has 0 amide bonds.